The summed E-state index contributed by atoms with van der Waals surface area (Å²) < 4.78 is 5.58. The molecule has 0 aromatic heterocycles. The van der Waals surface area contributed by atoms with Crippen LogP contribution in [-0.4, -0.2) is 19.3 Å². The van der Waals surface area contributed by atoms with Gasteiger partial charge in [0.15, 0.2) is 0 Å². The lowest BCUT2D eigenvalue weighted by Gasteiger charge is -2.35. The molecule has 2 unspecified atom stereocenters. The molecule has 0 aromatic rings. The monoisotopic (exact) mass is 230 g/mol. The molecule has 0 fully saturated rings. The summed E-state index contributed by atoms with van der Waals surface area (Å²) in [5.41, 5.74) is 3.03. The highest BCUT2D eigenvalue weighted by Gasteiger charge is 2.31. The lowest BCUT2D eigenvalue weighted by Crippen LogP contribution is -2.50. The van der Waals surface area contributed by atoms with Gasteiger partial charge in [0, 0.05) is 13.2 Å². The van der Waals surface area contributed by atoms with E-state index < -0.39 is 0 Å². The van der Waals surface area contributed by atoms with Crippen LogP contribution >= 0.6 is 0 Å². The lowest BCUT2D eigenvalue weighted by atomic mass is 9.83. The van der Waals surface area contributed by atoms with Gasteiger partial charge in [-0.3, -0.25) is 11.3 Å². The Morgan fingerprint density at radius 3 is 2.19 bits per heavy atom. The predicted octanol–water partition coefficient (Wildman–Crippen LogP) is 2.85. The number of nitrogens with one attached hydrogen (secondary N) is 1. The van der Waals surface area contributed by atoms with Gasteiger partial charge in [0.25, 0.3) is 0 Å². The molecule has 3 heteroatoms. The van der Waals surface area contributed by atoms with Crippen molar-refractivity contribution in [1.29, 1.82) is 0 Å². The molecule has 0 saturated heterocycles. The van der Waals surface area contributed by atoms with Gasteiger partial charge in [-0.25, -0.2) is 0 Å². The van der Waals surface area contributed by atoms with E-state index in [0.717, 1.165) is 6.42 Å². The van der Waals surface area contributed by atoms with Crippen molar-refractivity contribution in [3.63, 3.8) is 0 Å². The summed E-state index contributed by atoms with van der Waals surface area (Å²) >= 11 is 0. The van der Waals surface area contributed by atoms with Crippen LogP contribution in [0.3, 0.4) is 0 Å². The van der Waals surface area contributed by atoms with Crippen LogP contribution in [0.15, 0.2) is 0 Å². The molecule has 0 spiro atoms. The summed E-state index contributed by atoms with van der Waals surface area (Å²) in [6.45, 7) is 8.80. The maximum Gasteiger partial charge on any atom is 0.0785 e. The summed E-state index contributed by atoms with van der Waals surface area (Å²) in [6.07, 6.45) is 6.34. The van der Waals surface area contributed by atoms with Crippen molar-refractivity contribution in [1.82, 2.24) is 5.43 Å². The third kappa shape index (κ3) is 5.83. The zero-order valence-corrected chi connectivity index (χ0v) is 11.7. The zero-order valence-electron chi connectivity index (χ0n) is 11.7. The number of unbranched alkanes of at least 4 members (excludes halogenated alkanes) is 3. The van der Waals surface area contributed by atoms with Gasteiger partial charge in [0.2, 0.25) is 0 Å². The maximum atomic E-state index is 5.63. The number of ether oxygens (including phenoxy) is 1. The van der Waals surface area contributed by atoms with E-state index in [0.29, 0.717) is 0 Å². The fraction of sp³-hybridized carbons (Fsp3) is 1.00. The van der Waals surface area contributed by atoms with Gasteiger partial charge in [0.05, 0.1) is 6.10 Å². The molecular formula is C13H30N2O. The van der Waals surface area contributed by atoms with Gasteiger partial charge in [-0.05, 0) is 11.8 Å². The van der Waals surface area contributed by atoms with Crippen molar-refractivity contribution in [2.45, 2.75) is 71.9 Å². The van der Waals surface area contributed by atoms with E-state index in [-0.39, 0.29) is 17.6 Å². The Morgan fingerprint density at radius 2 is 1.81 bits per heavy atom. The molecule has 2 atom stereocenters. The van der Waals surface area contributed by atoms with Crippen LogP contribution in [0.1, 0.15) is 59.8 Å². The van der Waals surface area contributed by atoms with E-state index in [2.05, 4.69) is 33.1 Å². The molecule has 0 aliphatic heterocycles. The average molecular weight is 230 g/mol. The largest absolute Gasteiger partial charge is 0.379 e. The van der Waals surface area contributed by atoms with Crippen LogP contribution in [0.2, 0.25) is 0 Å². The summed E-state index contributed by atoms with van der Waals surface area (Å²) in [4.78, 5) is 0. The summed E-state index contributed by atoms with van der Waals surface area (Å²) in [5, 5.41) is 0. The Bertz CT molecular complexity index is 166. The van der Waals surface area contributed by atoms with E-state index in [1.807, 2.05) is 0 Å². The number of hydrogen-bond donors (Lipinski definition) is 2. The zero-order chi connectivity index (χ0) is 12.6. The first kappa shape index (κ1) is 15.9. The quantitative estimate of drug-likeness (QED) is 0.383. The van der Waals surface area contributed by atoms with Gasteiger partial charge in [0.1, 0.15) is 0 Å². The predicted molar refractivity (Wildman–Crippen MR) is 70.1 cm³/mol. The fourth-order valence-corrected chi connectivity index (χ4v) is 2.23. The van der Waals surface area contributed by atoms with Crippen molar-refractivity contribution in [2.75, 3.05) is 7.11 Å². The fourth-order valence-electron chi connectivity index (χ4n) is 2.23. The van der Waals surface area contributed by atoms with E-state index in [9.17, 15) is 0 Å². The van der Waals surface area contributed by atoms with Crippen molar-refractivity contribution in [3.8, 4) is 0 Å². The number of methoxy groups -OCH3 is 1. The van der Waals surface area contributed by atoms with E-state index >= 15 is 0 Å². The smallest absolute Gasteiger partial charge is 0.0785 e. The topological polar surface area (TPSA) is 47.3 Å². The van der Waals surface area contributed by atoms with Crippen LogP contribution in [-0.2, 0) is 4.74 Å². The second kappa shape index (κ2) is 8.04. The molecule has 0 radical (unpaired) electrons. The number of hydrogen-bond acceptors (Lipinski definition) is 3. The Kier molecular flexibility index (Phi) is 7.98. The highest BCUT2D eigenvalue weighted by molar-refractivity contribution is 4.84. The molecule has 0 heterocycles. The Morgan fingerprint density at radius 1 is 1.19 bits per heavy atom. The molecule has 3 N–H and O–H groups in total. The second-order valence-corrected chi connectivity index (χ2v) is 5.64. The average Bonchev–Trinajstić information content (AvgIpc) is 2.20. The lowest BCUT2D eigenvalue weighted by molar-refractivity contribution is -0.0137. The van der Waals surface area contributed by atoms with Crippen LogP contribution in [0.25, 0.3) is 0 Å². The van der Waals surface area contributed by atoms with Crippen LogP contribution < -0.4 is 11.3 Å². The number of hydrazine groups is 1. The minimum Gasteiger partial charge on any atom is -0.379 e. The highest BCUT2D eigenvalue weighted by atomic mass is 16.5. The van der Waals surface area contributed by atoms with Gasteiger partial charge < -0.3 is 4.74 Å². The van der Waals surface area contributed by atoms with E-state index in [1.165, 1.54) is 25.7 Å². The van der Waals surface area contributed by atoms with Crippen molar-refractivity contribution in [3.05, 3.63) is 0 Å². The van der Waals surface area contributed by atoms with Crippen LogP contribution in [0, 0.1) is 5.41 Å². The molecule has 98 valence electrons. The molecular weight excluding hydrogens is 200 g/mol. The van der Waals surface area contributed by atoms with Gasteiger partial charge in [-0.1, -0.05) is 53.4 Å². The minimum absolute atomic E-state index is 0.122. The summed E-state index contributed by atoms with van der Waals surface area (Å²) in [7, 11) is 1.77. The van der Waals surface area contributed by atoms with Crippen LogP contribution in [0.5, 0.6) is 0 Å². The Labute approximate surface area is 101 Å². The molecule has 0 aliphatic rings. The molecule has 0 rings (SSSR count). The second-order valence-electron chi connectivity index (χ2n) is 5.64. The summed E-state index contributed by atoms with van der Waals surface area (Å²) in [6, 6.07) is 0.252. The molecule has 0 bridgehead atoms. The molecule has 0 saturated carbocycles. The maximum absolute atomic E-state index is 5.63. The van der Waals surface area contributed by atoms with Crippen molar-refractivity contribution >= 4 is 0 Å². The first-order chi connectivity index (χ1) is 7.47. The molecule has 0 aliphatic carbocycles. The normalized spacial score (nSPS) is 16.1. The molecule has 16 heavy (non-hydrogen) atoms. The van der Waals surface area contributed by atoms with Gasteiger partial charge >= 0.3 is 0 Å². The van der Waals surface area contributed by atoms with Crippen LogP contribution in [0.4, 0.5) is 0 Å². The Hall–Kier alpha value is -0.120. The van der Waals surface area contributed by atoms with Crippen molar-refractivity contribution in [2.24, 2.45) is 11.3 Å². The summed E-state index contributed by atoms with van der Waals surface area (Å²) in [5.74, 6) is 5.63. The molecule has 3 nitrogen and oxygen atoms in total. The number of nitrogens with two attached hydrogens (primary N) is 1. The third-order valence-electron chi connectivity index (χ3n) is 3.06. The van der Waals surface area contributed by atoms with E-state index in [4.69, 9.17) is 10.6 Å². The minimum atomic E-state index is 0.122. The first-order valence-electron chi connectivity index (χ1n) is 6.46. The first-order valence-corrected chi connectivity index (χ1v) is 6.46. The Balaban J connectivity index is 4.13. The number of rotatable bonds is 8. The molecule has 0 aromatic carbocycles. The third-order valence-corrected chi connectivity index (χ3v) is 3.06. The van der Waals surface area contributed by atoms with Gasteiger partial charge in [-0.2, -0.15) is 0 Å². The van der Waals surface area contributed by atoms with Crippen molar-refractivity contribution < 1.29 is 4.74 Å². The van der Waals surface area contributed by atoms with E-state index in [1.54, 1.807) is 7.11 Å². The standard InChI is InChI=1S/C13H30N2O/c1-6-7-8-9-10-11(15-14)12(16-5)13(2,3)4/h11-12,15H,6-10,14H2,1-5H3. The SMILES string of the molecule is CCCCCCC(NN)C(OC)C(C)(C)C. The van der Waals surface area contributed by atoms with Gasteiger partial charge in [-0.15, -0.1) is 0 Å². The molecule has 0 amide bonds. The highest BCUT2D eigenvalue weighted by Crippen LogP contribution is 2.26.